The van der Waals surface area contributed by atoms with E-state index in [9.17, 15) is 9.59 Å². The molecule has 5 aromatic rings. The van der Waals surface area contributed by atoms with Crippen molar-refractivity contribution >= 4 is 73.0 Å². The Balaban J connectivity index is 1.48. The molecule has 5 rings (SSSR count). The zero-order valence-corrected chi connectivity index (χ0v) is 24.4. The number of rotatable bonds is 8. The highest BCUT2D eigenvalue weighted by Gasteiger charge is 2.16. The number of aromatic nitrogens is 2. The van der Waals surface area contributed by atoms with E-state index in [4.69, 9.17) is 28.2 Å². The van der Waals surface area contributed by atoms with Gasteiger partial charge in [-0.15, -0.1) is 0 Å². The Labute approximate surface area is 249 Å². The van der Waals surface area contributed by atoms with Crippen LogP contribution in [0.1, 0.15) is 17.0 Å². The number of hydrogen-bond donors (Lipinski definition) is 3. The lowest BCUT2D eigenvalue weighted by Gasteiger charge is -2.18. The summed E-state index contributed by atoms with van der Waals surface area (Å²) in [6, 6.07) is 25.7. The van der Waals surface area contributed by atoms with Gasteiger partial charge in [-0.3, -0.25) is 9.59 Å². The van der Waals surface area contributed by atoms with Crippen LogP contribution in [0.4, 0.5) is 17.1 Å². The van der Waals surface area contributed by atoms with Gasteiger partial charge in [0.2, 0.25) is 5.91 Å². The third kappa shape index (κ3) is 6.31. The first-order valence-electron chi connectivity index (χ1n) is 12.4. The molecule has 1 heterocycles. The lowest BCUT2D eigenvalue weighted by molar-refractivity contribution is -0.114. The molecule has 1 aromatic heterocycles. The highest BCUT2D eigenvalue weighted by atomic mass is 79.9. The fourth-order valence-electron chi connectivity index (χ4n) is 4.20. The van der Waals surface area contributed by atoms with Crippen molar-refractivity contribution in [1.29, 1.82) is 0 Å². The summed E-state index contributed by atoms with van der Waals surface area (Å²) < 4.78 is 2.09. The average Bonchev–Trinajstić information content (AvgIpc) is 2.93. The molecule has 10 heteroatoms. The molecule has 0 aliphatic rings. The van der Waals surface area contributed by atoms with E-state index in [1.165, 1.54) is 4.68 Å². The fourth-order valence-corrected chi connectivity index (χ4v) is 5.05. The molecule has 0 spiro atoms. The van der Waals surface area contributed by atoms with Crippen molar-refractivity contribution < 1.29 is 4.79 Å². The Bertz CT molecular complexity index is 1750. The molecule has 0 bridgehead atoms. The van der Waals surface area contributed by atoms with Crippen LogP contribution >= 0.6 is 39.1 Å². The maximum atomic E-state index is 13.6. The van der Waals surface area contributed by atoms with Gasteiger partial charge in [0.1, 0.15) is 12.4 Å². The predicted octanol–water partition coefficient (Wildman–Crippen LogP) is 7.29. The summed E-state index contributed by atoms with van der Waals surface area (Å²) in [6.45, 7) is 1.83. The molecule has 0 aliphatic carbocycles. The number of para-hydroxylation sites is 2. The van der Waals surface area contributed by atoms with Crippen molar-refractivity contribution in [1.82, 2.24) is 9.66 Å². The number of carbonyl (C=O) groups is 1. The topological polar surface area (TPSA) is 88.1 Å². The first kappa shape index (κ1) is 27.7. The van der Waals surface area contributed by atoms with Crippen LogP contribution < -0.4 is 21.6 Å². The Morgan fingerprint density at radius 3 is 2.42 bits per heavy atom. The lowest BCUT2D eigenvalue weighted by atomic mass is 10.1. The number of carbonyl (C=O) groups excluding carboxylic acids is 1. The number of amides is 1. The number of hydrogen-bond acceptors (Lipinski definition) is 5. The quantitative estimate of drug-likeness (QED) is 0.166. The molecule has 3 N–H and O–H groups in total. The number of nitrogens with one attached hydrogen (secondary N) is 3. The summed E-state index contributed by atoms with van der Waals surface area (Å²) in [5.41, 5.74) is 7.16. The van der Waals surface area contributed by atoms with Gasteiger partial charge in [-0.25, -0.2) is 9.66 Å². The summed E-state index contributed by atoms with van der Waals surface area (Å²) >= 11 is 16.2. The van der Waals surface area contributed by atoms with Crippen LogP contribution in [0.15, 0.2) is 94.2 Å². The second-order valence-electron chi connectivity index (χ2n) is 9.13. The number of halogens is 3. The maximum Gasteiger partial charge on any atom is 0.280 e. The molecule has 1 amide bonds. The van der Waals surface area contributed by atoms with Crippen molar-refractivity contribution in [2.45, 2.75) is 13.3 Å². The molecule has 0 fully saturated rings. The van der Waals surface area contributed by atoms with Gasteiger partial charge in [0.25, 0.3) is 5.56 Å². The second-order valence-corrected chi connectivity index (χ2v) is 10.9. The van der Waals surface area contributed by atoms with Crippen LogP contribution in [0.25, 0.3) is 10.9 Å². The monoisotopic (exact) mass is 635 g/mol. The molecule has 0 saturated heterocycles. The second kappa shape index (κ2) is 12.1. The number of fused-ring (bicyclic) bond motifs is 1. The van der Waals surface area contributed by atoms with Crippen LogP contribution in [-0.2, 0) is 11.2 Å². The summed E-state index contributed by atoms with van der Waals surface area (Å²) in [5, 5.41) is 7.54. The van der Waals surface area contributed by atoms with E-state index >= 15 is 0 Å². The number of benzene rings is 4. The van der Waals surface area contributed by atoms with Gasteiger partial charge in [-0.2, -0.15) is 0 Å². The predicted molar refractivity (Wildman–Crippen MR) is 167 cm³/mol. The van der Waals surface area contributed by atoms with E-state index in [0.29, 0.717) is 38.1 Å². The minimum atomic E-state index is -0.316. The molecule has 0 radical (unpaired) electrons. The van der Waals surface area contributed by atoms with Gasteiger partial charge >= 0.3 is 0 Å². The van der Waals surface area contributed by atoms with E-state index in [2.05, 4.69) is 32.0 Å². The van der Waals surface area contributed by atoms with Gasteiger partial charge < -0.3 is 16.1 Å². The molecule has 202 valence electrons. The fraction of sp³-hybridized carbons (Fsp3) is 0.100. The molecule has 0 unspecified atom stereocenters. The van der Waals surface area contributed by atoms with Gasteiger partial charge in [0, 0.05) is 22.3 Å². The number of aryl methyl sites for hydroxylation is 1. The SMILES string of the molecule is Cc1ccc(NC(=O)CNn2c(Cc3ccccc3Nc3c(Cl)cccc3Cl)nc3ccc(Br)cc3c2=O)cc1. The summed E-state index contributed by atoms with van der Waals surface area (Å²) in [6.07, 6.45) is 0.277. The van der Waals surface area contributed by atoms with Crippen molar-refractivity contribution in [2.75, 3.05) is 22.6 Å². The standard InChI is InChI=1S/C30H24BrCl2N5O2/c1-18-9-12-21(13-10-18)35-28(39)17-34-38-27(36-26-14-11-20(31)16-22(26)30(38)40)15-19-5-2-3-8-25(19)37-29-23(32)6-4-7-24(29)33/h2-14,16,34,37H,15,17H2,1H3,(H,35,39). The summed E-state index contributed by atoms with van der Waals surface area (Å²) in [7, 11) is 0. The highest BCUT2D eigenvalue weighted by molar-refractivity contribution is 9.10. The third-order valence-electron chi connectivity index (χ3n) is 6.22. The van der Waals surface area contributed by atoms with Gasteiger partial charge in [-0.05, 0) is 61.0 Å². The minimum Gasteiger partial charge on any atom is -0.353 e. The van der Waals surface area contributed by atoms with Gasteiger partial charge in [0.15, 0.2) is 0 Å². The molecular formula is C30H24BrCl2N5O2. The molecule has 0 aliphatic heterocycles. The highest BCUT2D eigenvalue weighted by Crippen LogP contribution is 2.34. The van der Waals surface area contributed by atoms with E-state index in [0.717, 1.165) is 21.3 Å². The Morgan fingerprint density at radius 2 is 1.68 bits per heavy atom. The molecular weight excluding hydrogens is 613 g/mol. The van der Waals surface area contributed by atoms with Crippen molar-refractivity contribution in [3.05, 3.63) is 127 Å². The maximum absolute atomic E-state index is 13.6. The molecule has 40 heavy (non-hydrogen) atoms. The van der Waals surface area contributed by atoms with Crippen molar-refractivity contribution in [3.8, 4) is 0 Å². The van der Waals surface area contributed by atoms with E-state index < -0.39 is 0 Å². The van der Waals surface area contributed by atoms with Gasteiger partial charge in [-0.1, -0.05) is 81.1 Å². The Kier molecular flexibility index (Phi) is 8.40. The minimum absolute atomic E-state index is 0.142. The smallest absolute Gasteiger partial charge is 0.280 e. The Morgan fingerprint density at radius 1 is 0.950 bits per heavy atom. The van der Waals surface area contributed by atoms with Crippen LogP contribution in [-0.4, -0.2) is 22.1 Å². The van der Waals surface area contributed by atoms with E-state index in [-0.39, 0.29) is 24.4 Å². The summed E-state index contributed by atoms with van der Waals surface area (Å²) in [5.74, 6) is 0.133. The van der Waals surface area contributed by atoms with Crippen LogP contribution in [0.5, 0.6) is 0 Å². The van der Waals surface area contributed by atoms with Crippen LogP contribution in [0, 0.1) is 6.92 Å². The van der Waals surface area contributed by atoms with E-state index in [1.807, 2.05) is 61.5 Å². The molecule has 0 atom stereocenters. The van der Waals surface area contributed by atoms with Gasteiger partial charge in [0.05, 0.1) is 26.6 Å². The third-order valence-corrected chi connectivity index (χ3v) is 7.34. The first-order chi connectivity index (χ1) is 19.3. The number of nitrogens with zero attached hydrogens (tertiary/aromatic N) is 2. The lowest BCUT2D eigenvalue weighted by Crippen LogP contribution is -2.37. The van der Waals surface area contributed by atoms with Crippen LogP contribution in [0.2, 0.25) is 10.0 Å². The zero-order valence-electron chi connectivity index (χ0n) is 21.3. The summed E-state index contributed by atoms with van der Waals surface area (Å²) in [4.78, 5) is 31.2. The molecule has 7 nitrogen and oxygen atoms in total. The average molecular weight is 637 g/mol. The Hall–Kier alpha value is -3.85. The largest absolute Gasteiger partial charge is 0.353 e. The van der Waals surface area contributed by atoms with E-state index in [1.54, 1.807) is 30.3 Å². The first-order valence-corrected chi connectivity index (χ1v) is 13.9. The molecule has 4 aromatic carbocycles. The van der Waals surface area contributed by atoms with Crippen molar-refractivity contribution in [3.63, 3.8) is 0 Å². The van der Waals surface area contributed by atoms with Crippen LogP contribution in [0.3, 0.4) is 0 Å². The zero-order chi connectivity index (χ0) is 28.2. The number of anilines is 3. The molecule has 0 saturated carbocycles. The van der Waals surface area contributed by atoms with Crippen molar-refractivity contribution in [2.24, 2.45) is 0 Å². The normalized spacial score (nSPS) is 10.9.